The molecular weight excluding hydrogens is 816 g/mol. The molecule has 0 saturated carbocycles. The maximum absolute atomic E-state index is 13.3. The Morgan fingerprint density at radius 3 is 2.38 bits per heavy atom. The number of fused-ring (bicyclic) bond motifs is 1. The number of hydrogen-bond acceptors (Lipinski definition) is 11. The number of amides is 8. The summed E-state index contributed by atoms with van der Waals surface area (Å²) in [6, 6.07) is 6.10. The Balaban J connectivity index is 0.917. The number of imide groups is 2. The molecular formula is C41H59N6O11PS. The van der Waals surface area contributed by atoms with Crippen molar-refractivity contribution in [2.75, 3.05) is 39.2 Å². The fraction of sp³-hybridized carbons (Fsp3) is 0.610. The molecule has 5 N–H and O–H groups in total. The number of nitrogens with one attached hydrogen (secondary N) is 4. The number of methoxy groups -OCH3 is 1. The van der Waals surface area contributed by atoms with Crippen molar-refractivity contribution in [3.63, 3.8) is 0 Å². The van der Waals surface area contributed by atoms with Gasteiger partial charge in [0.15, 0.2) is 0 Å². The summed E-state index contributed by atoms with van der Waals surface area (Å²) in [5, 5.41) is 11.2. The average molecular weight is 875 g/mol. The van der Waals surface area contributed by atoms with Gasteiger partial charge in [0.05, 0.1) is 24.8 Å². The van der Waals surface area contributed by atoms with Gasteiger partial charge in [-0.05, 0) is 54.9 Å². The number of carbonyl (C=O) groups is 6. The van der Waals surface area contributed by atoms with Crippen LogP contribution in [0, 0.1) is 0 Å². The monoisotopic (exact) mass is 874 g/mol. The van der Waals surface area contributed by atoms with Crippen molar-refractivity contribution in [2.45, 2.75) is 120 Å². The Morgan fingerprint density at radius 2 is 1.72 bits per heavy atom. The van der Waals surface area contributed by atoms with Gasteiger partial charge in [-0.3, -0.25) is 38.9 Å². The summed E-state index contributed by atoms with van der Waals surface area (Å²) in [5.74, 6) is -0.831. The van der Waals surface area contributed by atoms with Crippen LogP contribution < -0.4 is 21.3 Å². The minimum absolute atomic E-state index is 0.00192. The second-order valence-electron chi connectivity index (χ2n) is 16.5. The quantitative estimate of drug-likeness (QED) is 0.0568. The van der Waals surface area contributed by atoms with E-state index in [-0.39, 0.29) is 59.2 Å². The molecule has 3 fully saturated rings. The summed E-state index contributed by atoms with van der Waals surface area (Å²) in [6.07, 6.45) is 7.90. The van der Waals surface area contributed by atoms with Gasteiger partial charge in [0.1, 0.15) is 12.3 Å². The van der Waals surface area contributed by atoms with Crippen LogP contribution in [0.15, 0.2) is 48.2 Å². The molecule has 1 aromatic rings. The number of urea groups is 2. The zero-order valence-electron chi connectivity index (χ0n) is 35.0. The van der Waals surface area contributed by atoms with Crippen molar-refractivity contribution in [1.29, 1.82) is 0 Å². The molecule has 4 aliphatic rings. The van der Waals surface area contributed by atoms with Crippen LogP contribution in [0.25, 0.3) is 0 Å². The molecule has 3 saturated heterocycles. The van der Waals surface area contributed by atoms with Gasteiger partial charge in [0, 0.05) is 74.1 Å². The first-order valence-corrected chi connectivity index (χ1v) is 23.6. The Hall–Kier alpha value is -4.06. The normalized spacial score (nSPS) is 25.8. The van der Waals surface area contributed by atoms with E-state index in [1.54, 1.807) is 23.9 Å². The van der Waals surface area contributed by atoms with Gasteiger partial charge in [0.25, 0.3) is 11.8 Å². The Labute approximate surface area is 355 Å². The van der Waals surface area contributed by atoms with Gasteiger partial charge in [-0.1, -0.05) is 52.2 Å². The SMILES string of the molecule is COC1C[C@H](N2C=C/C(=C/C(=O)NCCCCCCNC(=O)CCCCC3SCC4C3NC(=O)N4C(=O)c3ccc(C(C)(C)C)cc3)C(=O)NC2=O)O[C@@H]1COP(C)(=O)O. The minimum atomic E-state index is -3.76. The lowest BCUT2D eigenvalue weighted by atomic mass is 9.86. The summed E-state index contributed by atoms with van der Waals surface area (Å²) in [6.45, 7) is 8.10. The van der Waals surface area contributed by atoms with Gasteiger partial charge in [0.2, 0.25) is 11.8 Å². The summed E-state index contributed by atoms with van der Waals surface area (Å²) < 4.78 is 27.8. The van der Waals surface area contributed by atoms with Crippen molar-refractivity contribution in [3.8, 4) is 0 Å². The van der Waals surface area contributed by atoms with Crippen LogP contribution in [0.1, 0.15) is 94.5 Å². The summed E-state index contributed by atoms with van der Waals surface area (Å²) >= 11 is 1.77. The van der Waals surface area contributed by atoms with E-state index in [0.29, 0.717) is 37.2 Å². The van der Waals surface area contributed by atoms with E-state index in [1.165, 1.54) is 24.3 Å². The summed E-state index contributed by atoms with van der Waals surface area (Å²) in [4.78, 5) is 88.6. The molecule has 4 heterocycles. The average Bonchev–Trinajstić information content (AvgIpc) is 3.85. The third-order valence-electron chi connectivity index (χ3n) is 10.9. The molecule has 5 unspecified atom stereocenters. The van der Waals surface area contributed by atoms with E-state index in [9.17, 15) is 38.2 Å². The van der Waals surface area contributed by atoms with E-state index < -0.39 is 43.9 Å². The van der Waals surface area contributed by atoms with Crippen LogP contribution in [-0.4, -0.2) is 125 Å². The second kappa shape index (κ2) is 21.1. The van der Waals surface area contributed by atoms with Crippen LogP contribution >= 0.6 is 19.4 Å². The Bertz CT molecular complexity index is 1850. The van der Waals surface area contributed by atoms with Crippen LogP contribution in [-0.2, 0) is 38.4 Å². The minimum Gasteiger partial charge on any atom is -0.378 e. The maximum atomic E-state index is 13.3. The molecule has 0 spiro atoms. The number of carbonyl (C=O) groups excluding carboxylic acids is 6. The first kappa shape index (κ1) is 47.0. The smallest absolute Gasteiger partial charge is 0.330 e. The molecule has 60 heavy (non-hydrogen) atoms. The highest BCUT2D eigenvalue weighted by Gasteiger charge is 2.50. The van der Waals surface area contributed by atoms with E-state index in [2.05, 4.69) is 42.0 Å². The number of thioether (sulfide) groups is 1. The number of ether oxygens (including phenoxy) is 2. The Morgan fingerprint density at radius 1 is 1.02 bits per heavy atom. The zero-order valence-corrected chi connectivity index (χ0v) is 36.7. The fourth-order valence-electron chi connectivity index (χ4n) is 7.54. The fourth-order valence-corrected chi connectivity index (χ4v) is 9.55. The van der Waals surface area contributed by atoms with Crippen molar-refractivity contribution in [1.82, 2.24) is 31.1 Å². The molecule has 5 rings (SSSR count). The zero-order chi connectivity index (χ0) is 43.6. The third-order valence-corrected chi connectivity index (χ3v) is 13.0. The first-order valence-electron chi connectivity index (χ1n) is 20.5. The maximum Gasteiger partial charge on any atom is 0.330 e. The first-order chi connectivity index (χ1) is 28.4. The van der Waals surface area contributed by atoms with E-state index in [1.807, 2.05) is 12.1 Å². The van der Waals surface area contributed by atoms with Crippen LogP contribution in [0.5, 0.6) is 0 Å². The van der Waals surface area contributed by atoms with Gasteiger partial charge in [-0.15, -0.1) is 0 Å². The summed E-state index contributed by atoms with van der Waals surface area (Å²) in [5.41, 5.74) is 1.57. The Kier molecular flexibility index (Phi) is 16.6. The topological polar surface area (TPSA) is 222 Å². The standard InChI is InChI=1S/C41H59N6O11PS/c1-41(2,3)28-16-14-26(15-17-28)38(51)47-29-25-60-32(36(29)44-40(47)53)12-8-9-13-33(48)42-19-10-6-7-11-20-43-34(49)22-27-18-21-46(39(52)45-37(27)50)35-23-30(56-4)31(58-35)24-57-59(5,54)55/h14-18,21-22,29-32,35-36H,6-13,19-20,23-25H2,1-5H3,(H,42,48)(H,43,49)(H,44,53)(H,54,55)(H,45,50,52)/b27-22-/t29?,30?,31-,32?,35-,36?/m1/s1. The molecule has 330 valence electrons. The van der Waals surface area contributed by atoms with Gasteiger partial charge >= 0.3 is 19.7 Å². The molecule has 17 nitrogen and oxygen atoms in total. The highest BCUT2D eigenvalue weighted by atomic mass is 32.2. The summed E-state index contributed by atoms with van der Waals surface area (Å²) in [7, 11) is -2.31. The van der Waals surface area contributed by atoms with Gasteiger partial charge in [-0.25, -0.2) is 9.59 Å². The lowest BCUT2D eigenvalue weighted by Crippen LogP contribution is -2.44. The second-order valence-corrected chi connectivity index (χ2v) is 19.7. The lowest BCUT2D eigenvalue weighted by Gasteiger charge is -2.24. The predicted molar refractivity (Wildman–Crippen MR) is 225 cm³/mol. The molecule has 7 atom stereocenters. The molecule has 19 heteroatoms. The van der Waals surface area contributed by atoms with Gasteiger partial charge < -0.3 is 34.8 Å². The molecule has 8 amide bonds. The van der Waals surface area contributed by atoms with Crippen molar-refractivity contribution in [3.05, 3.63) is 59.3 Å². The van der Waals surface area contributed by atoms with Crippen LogP contribution in [0.2, 0.25) is 0 Å². The highest BCUT2D eigenvalue weighted by molar-refractivity contribution is 8.00. The van der Waals surface area contributed by atoms with Crippen molar-refractivity contribution in [2.24, 2.45) is 0 Å². The predicted octanol–water partition coefficient (Wildman–Crippen LogP) is 4.31. The number of nitrogens with zero attached hydrogens (tertiary/aromatic N) is 2. The number of hydrogen-bond donors (Lipinski definition) is 5. The lowest BCUT2D eigenvalue weighted by molar-refractivity contribution is -0.121. The largest absolute Gasteiger partial charge is 0.378 e. The highest BCUT2D eigenvalue weighted by Crippen LogP contribution is 2.39. The van der Waals surface area contributed by atoms with Crippen LogP contribution in [0.4, 0.5) is 9.59 Å². The molecule has 0 radical (unpaired) electrons. The van der Waals surface area contributed by atoms with E-state index in [4.69, 9.17) is 14.0 Å². The molecule has 1 aromatic carbocycles. The number of rotatable bonds is 19. The third kappa shape index (κ3) is 13.0. The van der Waals surface area contributed by atoms with E-state index >= 15 is 0 Å². The van der Waals surface area contributed by atoms with Crippen molar-refractivity contribution >= 4 is 55.0 Å². The van der Waals surface area contributed by atoms with Crippen LogP contribution in [0.3, 0.4) is 0 Å². The molecule has 0 bridgehead atoms. The number of unbranched alkanes of at least 4 members (excludes halogenated alkanes) is 4. The van der Waals surface area contributed by atoms with E-state index in [0.717, 1.165) is 61.7 Å². The van der Waals surface area contributed by atoms with Crippen molar-refractivity contribution < 1.29 is 52.2 Å². The van der Waals surface area contributed by atoms with Gasteiger partial charge in [-0.2, -0.15) is 11.8 Å². The molecule has 0 aliphatic carbocycles. The number of benzene rings is 1. The molecule has 0 aromatic heterocycles. The molecule has 4 aliphatic heterocycles.